The fraction of sp³-hybridized carbons (Fsp3) is 0.310. The van der Waals surface area contributed by atoms with Crippen LogP contribution in [-0.4, -0.2) is 59.7 Å². The average molecular weight is 534 g/mol. The van der Waals surface area contributed by atoms with Crippen LogP contribution >= 0.6 is 0 Å². The average Bonchev–Trinajstić information content (AvgIpc) is 2.89. The number of aromatic nitrogens is 3. The fourth-order valence-electron chi connectivity index (χ4n) is 4.34. The number of nitrogens with zero attached hydrogens (tertiary/aromatic N) is 4. The van der Waals surface area contributed by atoms with Gasteiger partial charge < -0.3 is 19.7 Å². The predicted octanol–water partition coefficient (Wildman–Crippen LogP) is 3.87. The third-order valence-electron chi connectivity index (χ3n) is 6.00. The second kappa shape index (κ2) is 11.6. The molecule has 0 fully saturated rings. The van der Waals surface area contributed by atoms with Crippen molar-refractivity contribution in [3.8, 4) is 34.0 Å². The third-order valence-corrected chi connectivity index (χ3v) is 6.00. The molecule has 0 radical (unpaired) electrons. The maximum absolute atomic E-state index is 14.1. The van der Waals surface area contributed by atoms with Crippen LogP contribution in [0.1, 0.15) is 19.4 Å². The van der Waals surface area contributed by atoms with Gasteiger partial charge in [0.05, 0.1) is 19.6 Å². The van der Waals surface area contributed by atoms with Crippen LogP contribution in [0.15, 0.2) is 53.5 Å². The second-order valence-electron chi connectivity index (χ2n) is 9.80. The predicted molar refractivity (Wildman–Crippen MR) is 148 cm³/mol. The quantitative estimate of drug-likeness (QED) is 0.349. The summed E-state index contributed by atoms with van der Waals surface area (Å²) in [5, 5.41) is 3.05. The molecule has 39 heavy (non-hydrogen) atoms. The standard InChI is InChI=1S/C29H32FN5O4/c1-17(2)32-26(36)16-35-28(19-7-8-24(30)25(13-19)39-6)33-27-23(29(35)37)12-21(14-31-27)20-9-18(15-34(3)4)10-22(11-20)38-5/h7-14,17H,15-16H2,1-6H3,(H,32,36). The highest BCUT2D eigenvalue weighted by Crippen LogP contribution is 2.29. The first-order chi connectivity index (χ1) is 18.6. The number of halogens is 1. The smallest absolute Gasteiger partial charge is 0.263 e. The molecular weight excluding hydrogens is 501 g/mol. The molecule has 9 nitrogen and oxygen atoms in total. The maximum Gasteiger partial charge on any atom is 0.263 e. The molecule has 0 aliphatic carbocycles. The van der Waals surface area contributed by atoms with Gasteiger partial charge in [-0.25, -0.2) is 14.4 Å². The van der Waals surface area contributed by atoms with Crippen molar-refractivity contribution >= 4 is 16.9 Å². The zero-order chi connectivity index (χ0) is 28.3. The van der Waals surface area contributed by atoms with Crippen LogP contribution in [0, 0.1) is 5.82 Å². The Balaban J connectivity index is 1.91. The van der Waals surface area contributed by atoms with E-state index in [9.17, 15) is 14.0 Å². The summed E-state index contributed by atoms with van der Waals surface area (Å²) in [5.41, 5.74) is 2.75. The molecule has 0 saturated heterocycles. The molecule has 0 spiro atoms. The number of hydrogen-bond acceptors (Lipinski definition) is 7. The molecule has 204 valence electrons. The van der Waals surface area contributed by atoms with E-state index < -0.39 is 11.4 Å². The number of carbonyl (C=O) groups is 1. The van der Waals surface area contributed by atoms with Crippen LogP contribution in [0.2, 0.25) is 0 Å². The van der Waals surface area contributed by atoms with Gasteiger partial charge in [-0.15, -0.1) is 0 Å². The summed E-state index contributed by atoms with van der Waals surface area (Å²) in [6, 6.07) is 11.6. The van der Waals surface area contributed by atoms with E-state index in [0.29, 0.717) is 23.4 Å². The van der Waals surface area contributed by atoms with Gasteiger partial charge in [0.1, 0.15) is 18.1 Å². The van der Waals surface area contributed by atoms with Crippen molar-refractivity contribution in [1.29, 1.82) is 0 Å². The molecule has 0 aliphatic heterocycles. The van der Waals surface area contributed by atoms with Crippen LogP contribution in [0.3, 0.4) is 0 Å². The first-order valence-corrected chi connectivity index (χ1v) is 12.5. The first-order valence-electron chi connectivity index (χ1n) is 12.5. The lowest BCUT2D eigenvalue weighted by Crippen LogP contribution is -2.37. The van der Waals surface area contributed by atoms with Crippen molar-refractivity contribution in [3.63, 3.8) is 0 Å². The molecule has 2 aromatic carbocycles. The van der Waals surface area contributed by atoms with E-state index in [1.165, 1.54) is 29.9 Å². The van der Waals surface area contributed by atoms with Gasteiger partial charge in [-0.2, -0.15) is 0 Å². The van der Waals surface area contributed by atoms with Gasteiger partial charge in [-0.3, -0.25) is 14.2 Å². The van der Waals surface area contributed by atoms with Crippen LogP contribution < -0.4 is 20.3 Å². The summed E-state index contributed by atoms with van der Waals surface area (Å²) >= 11 is 0. The number of hydrogen-bond donors (Lipinski definition) is 1. The normalized spacial score (nSPS) is 11.3. The highest BCUT2D eigenvalue weighted by atomic mass is 19.1. The summed E-state index contributed by atoms with van der Waals surface area (Å²) in [4.78, 5) is 37.8. The largest absolute Gasteiger partial charge is 0.497 e. The summed E-state index contributed by atoms with van der Waals surface area (Å²) in [7, 11) is 6.92. The molecule has 2 heterocycles. The molecule has 1 amide bonds. The lowest BCUT2D eigenvalue weighted by atomic mass is 10.0. The number of pyridine rings is 1. The summed E-state index contributed by atoms with van der Waals surface area (Å²) in [6.45, 7) is 4.10. The van der Waals surface area contributed by atoms with E-state index in [4.69, 9.17) is 9.47 Å². The molecule has 4 rings (SSSR count). The van der Waals surface area contributed by atoms with Crippen molar-refractivity contribution in [2.45, 2.75) is 33.0 Å². The Labute approximate surface area is 226 Å². The van der Waals surface area contributed by atoms with Crippen molar-refractivity contribution in [1.82, 2.24) is 24.8 Å². The molecule has 4 aromatic rings. The summed E-state index contributed by atoms with van der Waals surface area (Å²) < 4.78 is 26.0. The van der Waals surface area contributed by atoms with Gasteiger partial charge in [0.25, 0.3) is 5.56 Å². The van der Waals surface area contributed by atoms with E-state index in [0.717, 1.165) is 11.1 Å². The molecule has 0 unspecified atom stereocenters. The summed E-state index contributed by atoms with van der Waals surface area (Å²) in [5.74, 6) is -0.0440. The van der Waals surface area contributed by atoms with Gasteiger partial charge in [0.2, 0.25) is 5.91 Å². The van der Waals surface area contributed by atoms with Crippen LogP contribution in [0.5, 0.6) is 11.5 Å². The van der Waals surface area contributed by atoms with Gasteiger partial charge in [0.15, 0.2) is 17.2 Å². The van der Waals surface area contributed by atoms with Gasteiger partial charge in [0, 0.05) is 29.9 Å². The van der Waals surface area contributed by atoms with E-state index in [-0.39, 0.29) is 41.1 Å². The highest BCUT2D eigenvalue weighted by Gasteiger charge is 2.19. The minimum absolute atomic E-state index is 0.00473. The minimum atomic E-state index is -0.553. The number of methoxy groups -OCH3 is 2. The SMILES string of the molecule is COc1cc(CN(C)C)cc(-c2cnc3nc(-c4ccc(F)c(OC)c4)n(CC(=O)NC(C)C)c(=O)c3c2)c1. The lowest BCUT2D eigenvalue weighted by molar-refractivity contribution is -0.122. The number of amides is 1. The number of fused-ring (bicyclic) bond motifs is 1. The van der Waals surface area contributed by atoms with Gasteiger partial charge in [-0.1, -0.05) is 0 Å². The number of carbonyl (C=O) groups excluding carboxylic acids is 1. The van der Waals surface area contributed by atoms with Crippen molar-refractivity contribution in [3.05, 3.63) is 70.4 Å². The van der Waals surface area contributed by atoms with Crippen molar-refractivity contribution in [2.24, 2.45) is 0 Å². The van der Waals surface area contributed by atoms with Crippen LogP contribution in [-0.2, 0) is 17.9 Å². The van der Waals surface area contributed by atoms with E-state index in [1.54, 1.807) is 19.4 Å². The molecule has 0 aliphatic rings. The molecule has 2 aromatic heterocycles. The van der Waals surface area contributed by atoms with Gasteiger partial charge >= 0.3 is 0 Å². The Morgan fingerprint density at radius 3 is 2.49 bits per heavy atom. The molecule has 10 heteroatoms. The topological polar surface area (TPSA) is 98.6 Å². The van der Waals surface area contributed by atoms with Crippen LogP contribution in [0.25, 0.3) is 33.5 Å². The van der Waals surface area contributed by atoms with Crippen molar-refractivity contribution in [2.75, 3.05) is 28.3 Å². The Kier molecular flexibility index (Phi) is 8.25. The van der Waals surface area contributed by atoms with Gasteiger partial charge in [-0.05, 0) is 81.5 Å². The first kappa shape index (κ1) is 27.7. The Hall–Kier alpha value is -4.31. The lowest BCUT2D eigenvalue weighted by Gasteiger charge is -2.16. The molecule has 0 atom stereocenters. The molecule has 0 saturated carbocycles. The summed E-state index contributed by atoms with van der Waals surface area (Å²) in [6.07, 6.45) is 1.65. The Morgan fingerprint density at radius 2 is 1.82 bits per heavy atom. The third kappa shape index (κ3) is 6.23. The zero-order valence-corrected chi connectivity index (χ0v) is 22.9. The monoisotopic (exact) mass is 533 g/mol. The van der Waals surface area contributed by atoms with E-state index in [2.05, 4.69) is 15.3 Å². The molecular formula is C29H32FN5O4. The van der Waals surface area contributed by atoms with Crippen molar-refractivity contribution < 1.29 is 18.7 Å². The Bertz CT molecular complexity index is 1580. The number of ether oxygens (including phenoxy) is 2. The van der Waals surface area contributed by atoms with E-state index in [1.807, 2.05) is 51.0 Å². The van der Waals surface area contributed by atoms with E-state index >= 15 is 0 Å². The number of rotatable bonds is 9. The minimum Gasteiger partial charge on any atom is -0.497 e. The van der Waals surface area contributed by atoms with Crippen LogP contribution in [0.4, 0.5) is 4.39 Å². The number of nitrogens with one attached hydrogen (secondary N) is 1. The second-order valence-corrected chi connectivity index (χ2v) is 9.80. The Morgan fingerprint density at radius 1 is 1.05 bits per heavy atom. The fourth-order valence-corrected chi connectivity index (χ4v) is 4.34. The highest BCUT2D eigenvalue weighted by molar-refractivity contribution is 5.83. The maximum atomic E-state index is 14.1. The zero-order valence-electron chi connectivity index (χ0n) is 22.9. The molecule has 1 N–H and O–H groups in total. The number of benzene rings is 2. The molecule has 0 bridgehead atoms.